The number of aromatic nitrogens is 2. The second-order valence-electron chi connectivity index (χ2n) is 6.70. The molecule has 0 saturated carbocycles. The second-order valence-corrected chi connectivity index (χ2v) is 9.48. The monoisotopic (exact) mass is 437 g/mol. The highest BCUT2D eigenvalue weighted by Crippen LogP contribution is 2.29. The lowest BCUT2D eigenvalue weighted by molar-refractivity contribution is 0.554. The number of sulfonamides is 1. The van der Waals surface area contributed by atoms with Crippen LogP contribution in [0.15, 0.2) is 78.0 Å². The molecule has 4 N–H and O–H groups in total. The fourth-order valence-electron chi connectivity index (χ4n) is 3.08. The normalized spacial score (nSPS) is 12.7. The molecule has 30 heavy (non-hydrogen) atoms. The van der Waals surface area contributed by atoms with Gasteiger partial charge in [0.25, 0.3) is 0 Å². The van der Waals surface area contributed by atoms with Gasteiger partial charge in [-0.05, 0) is 36.2 Å². The van der Waals surface area contributed by atoms with E-state index in [1.807, 2.05) is 12.1 Å². The number of thiazole rings is 1. The maximum Gasteiger partial charge on any atom is 0.241 e. The Bertz CT molecular complexity index is 1270. The standard InChI is InChI=1S/C21H19N5O2S2/c22-20(23)15-6-4-5-14(11-15)12-17(21-25-18-13-24-10-9-19(18)29-21)26-30(27,28)16-7-2-1-3-8-16/h1-11,13,17,26H,12H2,(H3,22,23). The van der Waals surface area contributed by atoms with Crippen molar-refractivity contribution in [3.05, 3.63) is 89.2 Å². The zero-order chi connectivity index (χ0) is 21.1. The number of pyridine rings is 1. The van der Waals surface area contributed by atoms with Crippen molar-refractivity contribution in [2.75, 3.05) is 0 Å². The summed E-state index contributed by atoms with van der Waals surface area (Å²) < 4.78 is 29.7. The molecule has 0 fully saturated rings. The van der Waals surface area contributed by atoms with Gasteiger partial charge in [0, 0.05) is 11.8 Å². The van der Waals surface area contributed by atoms with E-state index in [4.69, 9.17) is 11.1 Å². The molecule has 0 bridgehead atoms. The van der Waals surface area contributed by atoms with Crippen LogP contribution in [0.4, 0.5) is 0 Å². The SMILES string of the molecule is N=C(N)c1cccc(CC(NS(=O)(=O)c2ccccc2)c2nc3cnccc3s2)c1. The van der Waals surface area contributed by atoms with Crippen LogP contribution in [0.25, 0.3) is 10.2 Å². The van der Waals surface area contributed by atoms with Crippen LogP contribution in [0.1, 0.15) is 22.2 Å². The van der Waals surface area contributed by atoms with Crippen LogP contribution in [-0.4, -0.2) is 24.2 Å². The van der Waals surface area contributed by atoms with Gasteiger partial charge in [-0.1, -0.05) is 36.4 Å². The molecule has 1 unspecified atom stereocenters. The van der Waals surface area contributed by atoms with Crippen LogP contribution >= 0.6 is 11.3 Å². The molecular formula is C21H19N5O2S2. The molecular weight excluding hydrogens is 418 g/mol. The number of nitrogens with two attached hydrogens (primary N) is 1. The molecule has 7 nitrogen and oxygen atoms in total. The highest BCUT2D eigenvalue weighted by molar-refractivity contribution is 7.89. The van der Waals surface area contributed by atoms with Crippen molar-refractivity contribution in [2.24, 2.45) is 5.73 Å². The fraction of sp³-hybridized carbons (Fsp3) is 0.0952. The highest BCUT2D eigenvalue weighted by atomic mass is 32.2. The summed E-state index contributed by atoms with van der Waals surface area (Å²) in [4.78, 5) is 8.89. The quantitative estimate of drug-likeness (QED) is 0.303. The molecule has 0 saturated heterocycles. The zero-order valence-electron chi connectivity index (χ0n) is 15.8. The van der Waals surface area contributed by atoms with E-state index in [2.05, 4.69) is 14.7 Å². The summed E-state index contributed by atoms with van der Waals surface area (Å²) in [5, 5.41) is 8.30. The maximum absolute atomic E-state index is 13.0. The lowest BCUT2D eigenvalue weighted by Gasteiger charge is -2.17. The molecule has 0 aliphatic heterocycles. The number of nitrogen functional groups attached to an aromatic ring is 1. The summed E-state index contributed by atoms with van der Waals surface area (Å²) >= 11 is 1.43. The van der Waals surface area contributed by atoms with Crippen LogP contribution in [0.3, 0.4) is 0 Å². The van der Waals surface area contributed by atoms with Crippen LogP contribution < -0.4 is 10.5 Å². The number of hydrogen-bond acceptors (Lipinski definition) is 6. The first-order valence-corrected chi connectivity index (χ1v) is 11.4. The first kappa shape index (κ1) is 20.1. The second kappa shape index (κ2) is 8.31. The molecule has 1 atom stereocenters. The van der Waals surface area contributed by atoms with E-state index in [9.17, 15) is 8.42 Å². The molecule has 2 aromatic heterocycles. The van der Waals surface area contributed by atoms with Gasteiger partial charge >= 0.3 is 0 Å². The summed E-state index contributed by atoms with van der Waals surface area (Å²) in [5.74, 6) is -0.0377. The van der Waals surface area contributed by atoms with Crippen LogP contribution in [-0.2, 0) is 16.4 Å². The van der Waals surface area contributed by atoms with E-state index in [0.717, 1.165) is 15.8 Å². The molecule has 0 aliphatic carbocycles. The summed E-state index contributed by atoms with van der Waals surface area (Å²) in [6.45, 7) is 0. The molecule has 2 heterocycles. The predicted molar refractivity (Wildman–Crippen MR) is 118 cm³/mol. The Morgan fingerprint density at radius 3 is 2.67 bits per heavy atom. The number of nitrogens with zero attached hydrogens (tertiary/aromatic N) is 2. The first-order valence-electron chi connectivity index (χ1n) is 9.13. The van der Waals surface area contributed by atoms with Crippen molar-refractivity contribution in [3.63, 3.8) is 0 Å². The third kappa shape index (κ3) is 4.38. The molecule has 0 spiro atoms. The van der Waals surface area contributed by atoms with Gasteiger partial charge in [-0.3, -0.25) is 10.4 Å². The molecule has 2 aromatic carbocycles. The molecule has 9 heteroatoms. The maximum atomic E-state index is 13.0. The Morgan fingerprint density at radius 1 is 1.13 bits per heavy atom. The minimum absolute atomic E-state index is 0.0377. The Kier molecular flexibility index (Phi) is 5.58. The van der Waals surface area contributed by atoms with Crippen molar-refractivity contribution in [1.82, 2.24) is 14.7 Å². The predicted octanol–water partition coefficient (Wildman–Crippen LogP) is 3.24. The van der Waals surface area contributed by atoms with Gasteiger partial charge in [0.2, 0.25) is 10.0 Å². The van der Waals surface area contributed by atoms with Gasteiger partial charge in [0.15, 0.2) is 0 Å². The zero-order valence-corrected chi connectivity index (χ0v) is 17.5. The average Bonchev–Trinajstić information content (AvgIpc) is 3.18. The topological polar surface area (TPSA) is 122 Å². The van der Waals surface area contributed by atoms with E-state index in [1.165, 1.54) is 11.3 Å². The van der Waals surface area contributed by atoms with Crippen LogP contribution in [0.2, 0.25) is 0 Å². The molecule has 0 aliphatic rings. The molecule has 4 aromatic rings. The summed E-state index contributed by atoms with van der Waals surface area (Å²) in [7, 11) is -3.76. The molecule has 0 amide bonds. The van der Waals surface area contributed by atoms with Gasteiger partial charge in [-0.2, -0.15) is 0 Å². The van der Waals surface area contributed by atoms with E-state index in [-0.39, 0.29) is 10.7 Å². The summed E-state index contributed by atoms with van der Waals surface area (Å²) in [5.41, 5.74) is 7.77. The average molecular weight is 438 g/mol. The Morgan fingerprint density at radius 2 is 1.93 bits per heavy atom. The van der Waals surface area contributed by atoms with Gasteiger partial charge in [0.1, 0.15) is 10.8 Å². The van der Waals surface area contributed by atoms with Crippen LogP contribution in [0.5, 0.6) is 0 Å². The lowest BCUT2D eigenvalue weighted by Crippen LogP contribution is -2.30. The fourth-order valence-corrected chi connectivity index (χ4v) is 5.36. The first-order chi connectivity index (χ1) is 14.4. The number of fused-ring (bicyclic) bond motifs is 1. The van der Waals surface area contributed by atoms with E-state index in [1.54, 1.807) is 60.9 Å². The minimum atomic E-state index is -3.76. The van der Waals surface area contributed by atoms with Gasteiger partial charge in [0.05, 0.1) is 27.4 Å². The number of benzene rings is 2. The number of nitrogens with one attached hydrogen (secondary N) is 2. The third-order valence-electron chi connectivity index (χ3n) is 4.53. The molecule has 4 rings (SSSR count). The van der Waals surface area contributed by atoms with Crippen molar-refractivity contribution in [2.45, 2.75) is 17.4 Å². The van der Waals surface area contributed by atoms with Crippen molar-refractivity contribution < 1.29 is 8.42 Å². The van der Waals surface area contributed by atoms with E-state index in [0.29, 0.717) is 17.0 Å². The summed E-state index contributed by atoms with van der Waals surface area (Å²) in [6.07, 6.45) is 3.71. The van der Waals surface area contributed by atoms with E-state index >= 15 is 0 Å². The van der Waals surface area contributed by atoms with Gasteiger partial charge in [-0.25, -0.2) is 18.1 Å². The Labute approximate surface area is 178 Å². The highest BCUT2D eigenvalue weighted by Gasteiger charge is 2.24. The van der Waals surface area contributed by atoms with Crippen molar-refractivity contribution in [1.29, 1.82) is 5.41 Å². The van der Waals surface area contributed by atoms with Gasteiger partial charge in [-0.15, -0.1) is 11.3 Å². The van der Waals surface area contributed by atoms with Crippen molar-refractivity contribution in [3.8, 4) is 0 Å². The number of hydrogen-bond donors (Lipinski definition) is 3. The Hall–Kier alpha value is -3.14. The van der Waals surface area contributed by atoms with Crippen LogP contribution in [0, 0.1) is 5.41 Å². The lowest BCUT2D eigenvalue weighted by atomic mass is 10.0. The smallest absolute Gasteiger partial charge is 0.241 e. The number of amidine groups is 1. The molecule has 152 valence electrons. The van der Waals surface area contributed by atoms with Gasteiger partial charge < -0.3 is 5.73 Å². The minimum Gasteiger partial charge on any atom is -0.384 e. The number of rotatable bonds is 7. The largest absolute Gasteiger partial charge is 0.384 e. The molecule has 0 radical (unpaired) electrons. The summed E-state index contributed by atoms with van der Waals surface area (Å²) in [6, 6.07) is 16.7. The Balaban J connectivity index is 1.73. The third-order valence-corrected chi connectivity index (χ3v) is 7.17. The van der Waals surface area contributed by atoms with E-state index < -0.39 is 16.1 Å². The van der Waals surface area contributed by atoms with Crippen molar-refractivity contribution >= 4 is 37.4 Å².